The fourth-order valence-corrected chi connectivity index (χ4v) is 4.00. The van der Waals surface area contributed by atoms with Crippen molar-refractivity contribution in [2.75, 3.05) is 5.32 Å². The summed E-state index contributed by atoms with van der Waals surface area (Å²) in [6.45, 7) is 0. The molecule has 9 heteroatoms. The number of alkyl halides is 3. The number of rotatable bonds is 3. The number of carbonyl (C=O) groups excluding carboxylic acids is 1. The zero-order valence-electron chi connectivity index (χ0n) is 15.9. The van der Waals surface area contributed by atoms with Crippen LogP contribution in [0.25, 0.3) is 10.9 Å². The number of anilines is 1. The van der Waals surface area contributed by atoms with Gasteiger partial charge in [0.15, 0.2) is 0 Å². The predicted molar refractivity (Wildman–Crippen MR) is 104 cm³/mol. The van der Waals surface area contributed by atoms with Crippen LogP contribution in [-0.4, -0.2) is 15.7 Å². The van der Waals surface area contributed by atoms with Gasteiger partial charge in [-0.2, -0.15) is 13.2 Å². The van der Waals surface area contributed by atoms with Gasteiger partial charge in [-0.25, -0.2) is 4.39 Å². The summed E-state index contributed by atoms with van der Waals surface area (Å²) in [7, 11) is 0. The second-order valence-corrected chi connectivity index (χ2v) is 7.48. The van der Waals surface area contributed by atoms with E-state index in [0.29, 0.717) is 23.0 Å². The van der Waals surface area contributed by atoms with Gasteiger partial charge in [0.25, 0.3) is 11.5 Å². The lowest BCUT2D eigenvalue weighted by Crippen LogP contribution is -2.18. The second-order valence-electron chi connectivity index (χ2n) is 7.48. The van der Waals surface area contributed by atoms with Crippen LogP contribution in [0.4, 0.5) is 23.2 Å². The fraction of sp³-hybridized carbons (Fsp3) is 0.333. The molecule has 0 radical (unpaired) electrons. The number of amides is 1. The second kappa shape index (κ2) is 7.62. The van der Waals surface area contributed by atoms with Gasteiger partial charge in [-0.05, 0) is 43.2 Å². The van der Waals surface area contributed by atoms with Crippen LogP contribution in [0, 0.1) is 5.82 Å². The monoisotopic (exact) mass is 421 g/mol. The van der Waals surface area contributed by atoms with Gasteiger partial charge in [-0.3, -0.25) is 19.4 Å². The molecule has 1 saturated carbocycles. The molecule has 5 nitrogen and oxygen atoms in total. The molecule has 158 valence electrons. The molecular weight excluding hydrogens is 402 g/mol. The number of aromatic amines is 1. The summed E-state index contributed by atoms with van der Waals surface area (Å²) in [6, 6.07) is 6.51. The van der Waals surface area contributed by atoms with E-state index in [9.17, 15) is 27.2 Å². The molecule has 1 aromatic heterocycles. The maximum atomic E-state index is 13.7. The summed E-state index contributed by atoms with van der Waals surface area (Å²) in [5, 5.41) is 5.73. The summed E-state index contributed by atoms with van der Waals surface area (Å²) in [6.07, 6.45) is 0.125. The van der Waals surface area contributed by atoms with Gasteiger partial charge in [0.2, 0.25) is 0 Å². The van der Waals surface area contributed by atoms with E-state index in [-0.39, 0.29) is 17.3 Å². The van der Waals surface area contributed by atoms with Gasteiger partial charge in [0.05, 0.1) is 28.2 Å². The van der Waals surface area contributed by atoms with Crippen LogP contribution in [0.1, 0.15) is 54.1 Å². The molecule has 3 aromatic rings. The Morgan fingerprint density at radius 3 is 2.53 bits per heavy atom. The van der Waals surface area contributed by atoms with Gasteiger partial charge >= 0.3 is 6.18 Å². The highest BCUT2D eigenvalue weighted by Crippen LogP contribution is 2.33. The highest BCUT2D eigenvalue weighted by Gasteiger charge is 2.32. The van der Waals surface area contributed by atoms with Gasteiger partial charge in [0, 0.05) is 5.56 Å². The Kier molecular flexibility index (Phi) is 5.13. The summed E-state index contributed by atoms with van der Waals surface area (Å²) in [4.78, 5) is 25.0. The Labute approximate surface area is 168 Å². The quantitative estimate of drug-likeness (QED) is 0.568. The Morgan fingerprint density at radius 1 is 1.10 bits per heavy atom. The van der Waals surface area contributed by atoms with Crippen molar-refractivity contribution >= 4 is 22.5 Å². The first-order chi connectivity index (χ1) is 14.2. The van der Waals surface area contributed by atoms with Crippen molar-refractivity contribution in [3.63, 3.8) is 0 Å². The van der Waals surface area contributed by atoms with E-state index >= 15 is 0 Å². The molecule has 0 unspecified atom stereocenters. The summed E-state index contributed by atoms with van der Waals surface area (Å²) < 4.78 is 54.3. The molecule has 30 heavy (non-hydrogen) atoms. The molecule has 0 spiro atoms. The molecule has 1 aliphatic carbocycles. The molecule has 0 aliphatic heterocycles. The van der Waals surface area contributed by atoms with Crippen LogP contribution in [0.2, 0.25) is 0 Å². The van der Waals surface area contributed by atoms with Gasteiger partial charge in [0.1, 0.15) is 5.82 Å². The molecule has 1 aliphatic rings. The minimum absolute atomic E-state index is 0.0630. The number of hydrogen-bond donors (Lipinski definition) is 2. The number of carbonyl (C=O) groups is 1. The Bertz CT molecular complexity index is 1160. The van der Waals surface area contributed by atoms with E-state index in [4.69, 9.17) is 0 Å². The molecule has 0 bridgehead atoms. The third-order valence-corrected chi connectivity index (χ3v) is 5.42. The zero-order chi connectivity index (χ0) is 21.5. The SMILES string of the molecule is O=C(Nc1cccc2c(=O)[nH]n(C3CCCCC3)c12)c1cc(F)cc(C(F)(F)F)c1. The number of para-hydroxylation sites is 1. The molecule has 0 saturated heterocycles. The normalized spacial score (nSPS) is 15.5. The topological polar surface area (TPSA) is 66.9 Å². The molecule has 2 N–H and O–H groups in total. The Balaban J connectivity index is 1.73. The van der Waals surface area contributed by atoms with Gasteiger partial charge in [-0.15, -0.1) is 0 Å². The summed E-state index contributed by atoms with van der Waals surface area (Å²) in [5.41, 5.74) is -1.25. The average molecular weight is 421 g/mol. The van der Waals surface area contributed by atoms with Crippen molar-refractivity contribution in [1.82, 2.24) is 9.78 Å². The average Bonchev–Trinajstić information content (AvgIpc) is 3.05. The molecule has 1 amide bonds. The molecular formula is C21H19F4N3O2. The minimum Gasteiger partial charge on any atom is -0.320 e. The van der Waals surface area contributed by atoms with E-state index in [1.165, 1.54) is 0 Å². The summed E-state index contributed by atoms with van der Waals surface area (Å²) >= 11 is 0. The number of aromatic nitrogens is 2. The van der Waals surface area contributed by atoms with Crippen LogP contribution in [-0.2, 0) is 6.18 Å². The van der Waals surface area contributed by atoms with Crippen molar-refractivity contribution in [2.24, 2.45) is 0 Å². The van der Waals surface area contributed by atoms with E-state index in [2.05, 4.69) is 10.4 Å². The molecule has 1 heterocycles. The number of H-pyrrole nitrogens is 1. The standard InChI is InChI=1S/C21H19F4N3O2/c22-14-10-12(9-13(11-14)21(23,24)25)19(29)26-17-8-4-7-16-18(17)28(27-20(16)30)15-5-2-1-3-6-15/h4,7-11,15H,1-3,5-6H2,(H,26,29)(H,27,30). The number of halogens is 4. The van der Waals surface area contributed by atoms with E-state index < -0.39 is 29.0 Å². The van der Waals surface area contributed by atoms with Crippen LogP contribution < -0.4 is 10.9 Å². The molecule has 4 rings (SSSR count). The highest BCUT2D eigenvalue weighted by molar-refractivity contribution is 6.08. The van der Waals surface area contributed by atoms with Crippen molar-refractivity contribution in [3.8, 4) is 0 Å². The van der Waals surface area contributed by atoms with Crippen molar-refractivity contribution in [2.45, 2.75) is 44.3 Å². The number of benzene rings is 2. The first kappa shape index (κ1) is 20.2. The Hall–Kier alpha value is -3.10. The first-order valence-electron chi connectivity index (χ1n) is 9.66. The summed E-state index contributed by atoms with van der Waals surface area (Å²) in [5.74, 6) is -2.05. The first-order valence-corrected chi connectivity index (χ1v) is 9.66. The number of hydrogen-bond acceptors (Lipinski definition) is 2. The maximum Gasteiger partial charge on any atom is 0.416 e. The van der Waals surface area contributed by atoms with Crippen LogP contribution in [0.5, 0.6) is 0 Å². The smallest absolute Gasteiger partial charge is 0.320 e. The lowest BCUT2D eigenvalue weighted by atomic mass is 9.95. The van der Waals surface area contributed by atoms with Crippen molar-refractivity contribution in [3.05, 3.63) is 63.7 Å². The minimum atomic E-state index is -4.78. The maximum absolute atomic E-state index is 13.7. The zero-order valence-corrected chi connectivity index (χ0v) is 15.9. The highest BCUT2D eigenvalue weighted by atomic mass is 19.4. The van der Waals surface area contributed by atoms with E-state index in [1.54, 1.807) is 22.9 Å². The van der Waals surface area contributed by atoms with E-state index in [1.807, 2.05) is 0 Å². The molecule has 1 fully saturated rings. The number of nitrogens with zero attached hydrogens (tertiary/aromatic N) is 1. The van der Waals surface area contributed by atoms with Crippen LogP contribution in [0.15, 0.2) is 41.2 Å². The van der Waals surface area contributed by atoms with Gasteiger partial charge in [-0.1, -0.05) is 25.3 Å². The fourth-order valence-electron chi connectivity index (χ4n) is 4.00. The molecule has 2 aromatic carbocycles. The van der Waals surface area contributed by atoms with E-state index in [0.717, 1.165) is 38.2 Å². The Morgan fingerprint density at radius 2 is 1.83 bits per heavy atom. The number of nitrogens with one attached hydrogen (secondary N) is 2. The van der Waals surface area contributed by atoms with Crippen LogP contribution in [0.3, 0.4) is 0 Å². The van der Waals surface area contributed by atoms with Crippen LogP contribution >= 0.6 is 0 Å². The molecule has 0 atom stereocenters. The third-order valence-electron chi connectivity index (χ3n) is 5.42. The lowest BCUT2D eigenvalue weighted by molar-refractivity contribution is -0.137. The van der Waals surface area contributed by atoms with Gasteiger partial charge < -0.3 is 5.32 Å². The third kappa shape index (κ3) is 3.83. The lowest BCUT2D eigenvalue weighted by Gasteiger charge is -2.24. The largest absolute Gasteiger partial charge is 0.416 e. The predicted octanol–water partition coefficient (Wildman–Crippen LogP) is 5.25. The van der Waals surface area contributed by atoms with Crippen molar-refractivity contribution in [1.29, 1.82) is 0 Å². The van der Waals surface area contributed by atoms with Crippen molar-refractivity contribution < 1.29 is 22.4 Å². The number of fused-ring (bicyclic) bond motifs is 1.